The fourth-order valence-corrected chi connectivity index (χ4v) is 2.01. The van der Waals surface area contributed by atoms with Crippen LogP contribution >= 0.6 is 0 Å². The lowest BCUT2D eigenvalue weighted by Crippen LogP contribution is -2.10. The summed E-state index contributed by atoms with van der Waals surface area (Å²) in [5, 5.41) is 11.0. The van der Waals surface area contributed by atoms with Crippen molar-refractivity contribution in [3.63, 3.8) is 0 Å². The van der Waals surface area contributed by atoms with Crippen molar-refractivity contribution >= 4 is 5.69 Å². The predicted molar refractivity (Wildman–Crippen MR) is 73.7 cm³/mol. The van der Waals surface area contributed by atoms with Gasteiger partial charge in [-0.2, -0.15) is 0 Å². The first-order chi connectivity index (χ1) is 9.65. The van der Waals surface area contributed by atoms with Crippen LogP contribution in [0.2, 0.25) is 0 Å². The van der Waals surface area contributed by atoms with Gasteiger partial charge in [-0.25, -0.2) is 4.98 Å². The van der Waals surface area contributed by atoms with Crippen LogP contribution in [0.15, 0.2) is 30.6 Å². The van der Waals surface area contributed by atoms with Gasteiger partial charge in [0.1, 0.15) is 5.82 Å². The van der Waals surface area contributed by atoms with E-state index in [2.05, 4.69) is 4.98 Å². The van der Waals surface area contributed by atoms with Crippen LogP contribution < -0.4 is 10.5 Å². The molecule has 0 radical (unpaired) electrons. The first kappa shape index (κ1) is 14.0. The molecule has 0 fully saturated rings. The molecule has 106 valence electrons. The molecule has 2 rings (SSSR count). The van der Waals surface area contributed by atoms with E-state index in [1.54, 1.807) is 18.3 Å². The Labute approximate surface area is 116 Å². The zero-order valence-electron chi connectivity index (χ0n) is 11.2. The number of nitrogens with two attached hydrogens (primary N) is 1. The molecule has 1 aromatic heterocycles. The first-order valence-electron chi connectivity index (χ1n) is 6.17. The fourth-order valence-electron chi connectivity index (χ4n) is 2.01. The Hall–Kier alpha value is -2.41. The molecule has 0 aliphatic heterocycles. The van der Waals surface area contributed by atoms with Crippen LogP contribution in [0.4, 0.5) is 5.69 Å². The summed E-state index contributed by atoms with van der Waals surface area (Å²) >= 11 is 0. The molecule has 2 aromatic rings. The molecule has 0 unspecified atom stereocenters. The molecule has 0 saturated heterocycles. The second-order valence-corrected chi connectivity index (χ2v) is 4.27. The normalized spacial score (nSPS) is 10.5. The lowest BCUT2D eigenvalue weighted by Gasteiger charge is -2.08. The van der Waals surface area contributed by atoms with E-state index < -0.39 is 4.92 Å². The summed E-state index contributed by atoms with van der Waals surface area (Å²) in [6.45, 7) is 1.03. The van der Waals surface area contributed by atoms with Crippen molar-refractivity contribution in [3.05, 3.63) is 52.1 Å². The number of nitro groups is 1. The van der Waals surface area contributed by atoms with Gasteiger partial charge in [-0.3, -0.25) is 10.1 Å². The molecular weight excluding hydrogens is 260 g/mol. The van der Waals surface area contributed by atoms with Crippen molar-refractivity contribution in [1.82, 2.24) is 9.55 Å². The van der Waals surface area contributed by atoms with Gasteiger partial charge >= 0.3 is 5.69 Å². The third-order valence-electron chi connectivity index (χ3n) is 2.96. The summed E-state index contributed by atoms with van der Waals surface area (Å²) in [7, 11) is 1.41. The Morgan fingerprint density at radius 3 is 2.95 bits per heavy atom. The van der Waals surface area contributed by atoms with Crippen LogP contribution in [-0.4, -0.2) is 28.1 Å². The molecule has 0 atom stereocenters. The summed E-state index contributed by atoms with van der Waals surface area (Å²) in [6.07, 6.45) is 4.20. The lowest BCUT2D eigenvalue weighted by molar-refractivity contribution is -0.385. The van der Waals surface area contributed by atoms with Gasteiger partial charge in [-0.15, -0.1) is 0 Å². The SMILES string of the molecule is COc1ccc(Cn2ccnc2CCN)cc1[N+](=O)[O-]. The van der Waals surface area contributed by atoms with Gasteiger partial charge < -0.3 is 15.0 Å². The number of rotatable bonds is 6. The maximum Gasteiger partial charge on any atom is 0.311 e. The summed E-state index contributed by atoms with van der Waals surface area (Å²) in [5.74, 6) is 1.12. The van der Waals surface area contributed by atoms with Gasteiger partial charge in [-0.05, 0) is 18.2 Å². The zero-order valence-corrected chi connectivity index (χ0v) is 11.2. The van der Waals surface area contributed by atoms with E-state index in [9.17, 15) is 10.1 Å². The van der Waals surface area contributed by atoms with Crippen LogP contribution in [0.1, 0.15) is 11.4 Å². The summed E-state index contributed by atoms with van der Waals surface area (Å²) < 4.78 is 6.91. The standard InChI is InChI=1S/C13H16N4O3/c1-20-12-3-2-10(8-11(12)17(18)19)9-16-7-6-15-13(16)4-5-14/h2-3,6-8H,4-5,9,14H2,1H3. The third-order valence-corrected chi connectivity index (χ3v) is 2.96. The van der Waals surface area contributed by atoms with E-state index >= 15 is 0 Å². The van der Waals surface area contributed by atoms with Crippen LogP contribution in [0.3, 0.4) is 0 Å². The Kier molecular flexibility index (Phi) is 4.31. The Bertz CT molecular complexity index is 609. The zero-order chi connectivity index (χ0) is 14.5. The number of hydrogen-bond acceptors (Lipinski definition) is 5. The number of aromatic nitrogens is 2. The number of nitrogens with zero attached hydrogens (tertiary/aromatic N) is 3. The Morgan fingerprint density at radius 2 is 2.30 bits per heavy atom. The molecule has 0 aliphatic carbocycles. The molecule has 7 nitrogen and oxygen atoms in total. The number of imidazole rings is 1. The van der Waals surface area contributed by atoms with Gasteiger partial charge in [0.15, 0.2) is 5.75 Å². The largest absolute Gasteiger partial charge is 0.490 e. The molecule has 1 heterocycles. The lowest BCUT2D eigenvalue weighted by atomic mass is 10.2. The van der Waals surface area contributed by atoms with E-state index in [1.807, 2.05) is 10.8 Å². The summed E-state index contributed by atoms with van der Waals surface area (Å²) in [4.78, 5) is 14.8. The first-order valence-corrected chi connectivity index (χ1v) is 6.17. The van der Waals surface area contributed by atoms with Crippen LogP contribution in [0, 0.1) is 10.1 Å². The minimum Gasteiger partial charge on any atom is -0.490 e. The molecule has 0 spiro atoms. The van der Waals surface area contributed by atoms with E-state index in [0.29, 0.717) is 19.5 Å². The predicted octanol–water partition coefficient (Wildman–Crippen LogP) is 1.35. The van der Waals surface area contributed by atoms with E-state index in [1.165, 1.54) is 13.2 Å². The van der Waals surface area contributed by atoms with Gasteiger partial charge in [0, 0.05) is 31.4 Å². The molecule has 7 heteroatoms. The Morgan fingerprint density at radius 1 is 1.50 bits per heavy atom. The van der Waals surface area contributed by atoms with Gasteiger partial charge in [0.2, 0.25) is 0 Å². The van der Waals surface area contributed by atoms with Crippen molar-refractivity contribution in [2.75, 3.05) is 13.7 Å². The van der Waals surface area contributed by atoms with Crippen molar-refractivity contribution in [2.45, 2.75) is 13.0 Å². The van der Waals surface area contributed by atoms with Crippen molar-refractivity contribution in [1.29, 1.82) is 0 Å². The van der Waals surface area contributed by atoms with Gasteiger partial charge in [0.05, 0.1) is 12.0 Å². The van der Waals surface area contributed by atoms with Gasteiger partial charge in [-0.1, -0.05) is 6.07 Å². The number of hydrogen-bond donors (Lipinski definition) is 1. The third kappa shape index (κ3) is 2.94. The maximum atomic E-state index is 11.0. The van der Waals surface area contributed by atoms with E-state index in [-0.39, 0.29) is 11.4 Å². The second kappa shape index (κ2) is 6.16. The molecule has 0 amide bonds. The van der Waals surface area contributed by atoms with Crippen molar-refractivity contribution in [3.8, 4) is 5.75 Å². The molecule has 2 N–H and O–H groups in total. The van der Waals surface area contributed by atoms with Gasteiger partial charge in [0.25, 0.3) is 0 Å². The van der Waals surface area contributed by atoms with Crippen molar-refractivity contribution in [2.24, 2.45) is 5.73 Å². The molecular formula is C13H16N4O3. The minimum atomic E-state index is -0.447. The molecule has 1 aromatic carbocycles. The van der Waals surface area contributed by atoms with E-state index in [4.69, 9.17) is 10.5 Å². The Balaban J connectivity index is 2.27. The number of methoxy groups -OCH3 is 1. The summed E-state index contributed by atoms with van der Waals surface area (Å²) in [6, 6.07) is 4.93. The highest BCUT2D eigenvalue weighted by Gasteiger charge is 2.15. The number of nitro benzene ring substituents is 1. The highest BCUT2D eigenvalue weighted by atomic mass is 16.6. The molecule has 0 saturated carbocycles. The quantitative estimate of drug-likeness (QED) is 0.634. The topological polar surface area (TPSA) is 96.2 Å². The smallest absolute Gasteiger partial charge is 0.311 e. The fraction of sp³-hybridized carbons (Fsp3) is 0.308. The number of benzene rings is 1. The van der Waals surface area contributed by atoms with E-state index in [0.717, 1.165) is 11.4 Å². The monoisotopic (exact) mass is 276 g/mol. The number of ether oxygens (including phenoxy) is 1. The highest BCUT2D eigenvalue weighted by Crippen LogP contribution is 2.27. The van der Waals surface area contributed by atoms with Crippen LogP contribution in [-0.2, 0) is 13.0 Å². The molecule has 0 bridgehead atoms. The maximum absolute atomic E-state index is 11.0. The average molecular weight is 276 g/mol. The minimum absolute atomic E-state index is 0.0366. The summed E-state index contributed by atoms with van der Waals surface area (Å²) in [5.41, 5.74) is 6.30. The molecule has 20 heavy (non-hydrogen) atoms. The average Bonchev–Trinajstić information content (AvgIpc) is 2.86. The van der Waals surface area contributed by atoms with Crippen LogP contribution in [0.25, 0.3) is 0 Å². The van der Waals surface area contributed by atoms with Crippen LogP contribution in [0.5, 0.6) is 5.75 Å². The van der Waals surface area contributed by atoms with Crippen molar-refractivity contribution < 1.29 is 9.66 Å². The highest BCUT2D eigenvalue weighted by molar-refractivity contribution is 5.48. The molecule has 0 aliphatic rings. The second-order valence-electron chi connectivity index (χ2n) is 4.27.